The van der Waals surface area contributed by atoms with E-state index in [1.165, 1.54) is 31.5 Å². The molecule has 3 N–H and O–H groups in total. The Hall–Kier alpha value is -3.88. The molecule has 2 amide bonds. The van der Waals surface area contributed by atoms with Crippen LogP contribution in [0.2, 0.25) is 0 Å². The molecule has 2 aliphatic rings. The van der Waals surface area contributed by atoms with Gasteiger partial charge < -0.3 is 25.2 Å². The van der Waals surface area contributed by atoms with Crippen LogP contribution in [0.15, 0.2) is 42.6 Å². The van der Waals surface area contributed by atoms with E-state index in [4.69, 9.17) is 9.47 Å². The molecule has 3 aromatic rings. The number of aromatic nitrogens is 1. The fraction of sp³-hybridized carbons (Fsp3) is 0.292. The highest BCUT2D eigenvalue weighted by Crippen LogP contribution is 2.47. The molecule has 33 heavy (non-hydrogen) atoms. The van der Waals surface area contributed by atoms with E-state index in [1.54, 1.807) is 12.1 Å². The van der Waals surface area contributed by atoms with E-state index in [-0.39, 0.29) is 34.9 Å². The number of nitrogens with one attached hydrogen (secondary N) is 2. The number of fused-ring (bicyclic) bond motifs is 1. The third-order valence-corrected chi connectivity index (χ3v) is 5.94. The van der Waals surface area contributed by atoms with Gasteiger partial charge in [-0.05, 0) is 49.9 Å². The lowest BCUT2D eigenvalue weighted by Gasteiger charge is -2.16. The van der Waals surface area contributed by atoms with Crippen LogP contribution in [0.3, 0.4) is 0 Å². The summed E-state index contributed by atoms with van der Waals surface area (Å²) in [6, 6.07) is 8.80. The van der Waals surface area contributed by atoms with Gasteiger partial charge in [-0.15, -0.1) is 0 Å². The van der Waals surface area contributed by atoms with E-state index in [0.717, 1.165) is 18.9 Å². The summed E-state index contributed by atoms with van der Waals surface area (Å²) in [5.74, 6) is -0.938. The number of halogens is 1. The lowest BCUT2D eigenvalue weighted by molar-refractivity contribution is -0.134. The first-order valence-corrected chi connectivity index (χ1v) is 10.7. The zero-order valence-electron chi connectivity index (χ0n) is 17.9. The zero-order chi connectivity index (χ0) is 23.2. The van der Waals surface area contributed by atoms with Gasteiger partial charge in [0.1, 0.15) is 11.2 Å². The Balaban J connectivity index is 1.33. The molecule has 9 heteroatoms. The molecule has 2 fully saturated rings. The second kappa shape index (κ2) is 7.91. The van der Waals surface area contributed by atoms with E-state index < -0.39 is 17.1 Å². The molecule has 2 saturated carbocycles. The number of rotatable bonds is 7. The van der Waals surface area contributed by atoms with Crippen LogP contribution < -0.4 is 20.1 Å². The number of hydrogen-bond donors (Lipinski definition) is 3. The van der Waals surface area contributed by atoms with Gasteiger partial charge in [-0.1, -0.05) is 0 Å². The average molecular weight is 451 g/mol. The topological polar surface area (TPSA) is 110 Å². The van der Waals surface area contributed by atoms with Crippen LogP contribution in [0.4, 0.5) is 10.1 Å². The monoisotopic (exact) mass is 451 g/mol. The van der Waals surface area contributed by atoms with Gasteiger partial charge in [0.2, 0.25) is 11.8 Å². The molecule has 2 aliphatic carbocycles. The molecule has 5 rings (SSSR count). The highest BCUT2D eigenvalue weighted by atomic mass is 19.1. The number of phenolic OH excluding ortho intramolecular Hbond substituents is 1. The highest BCUT2D eigenvalue weighted by molar-refractivity contribution is 6.13. The molecular weight excluding hydrogens is 429 g/mol. The van der Waals surface area contributed by atoms with E-state index in [9.17, 15) is 19.1 Å². The largest absolute Gasteiger partial charge is 0.504 e. The van der Waals surface area contributed by atoms with Crippen molar-refractivity contribution in [3.63, 3.8) is 0 Å². The van der Waals surface area contributed by atoms with Crippen LogP contribution in [-0.2, 0) is 9.59 Å². The summed E-state index contributed by atoms with van der Waals surface area (Å²) in [5.41, 5.74) is -0.370. The second-order valence-corrected chi connectivity index (χ2v) is 8.38. The smallest absolute Gasteiger partial charge is 0.240 e. The number of hydrogen-bond acceptors (Lipinski definition) is 6. The number of pyridine rings is 1. The second-order valence-electron chi connectivity index (χ2n) is 8.38. The number of anilines is 1. The Morgan fingerprint density at radius 3 is 2.55 bits per heavy atom. The predicted molar refractivity (Wildman–Crippen MR) is 118 cm³/mol. The zero-order valence-corrected chi connectivity index (χ0v) is 17.9. The molecule has 0 unspecified atom stereocenters. The molecule has 1 aromatic heterocycles. The van der Waals surface area contributed by atoms with Crippen LogP contribution in [0, 0.1) is 11.2 Å². The van der Waals surface area contributed by atoms with Crippen LogP contribution in [0.25, 0.3) is 10.9 Å². The Morgan fingerprint density at radius 1 is 1.09 bits per heavy atom. The van der Waals surface area contributed by atoms with Gasteiger partial charge in [0, 0.05) is 35.4 Å². The Bertz CT molecular complexity index is 1270. The molecule has 0 bridgehead atoms. The molecule has 0 atom stereocenters. The maximum Gasteiger partial charge on any atom is 0.240 e. The number of benzene rings is 2. The number of aromatic hydroxyl groups is 1. The normalized spacial score (nSPS) is 16.2. The van der Waals surface area contributed by atoms with Gasteiger partial charge in [0.25, 0.3) is 0 Å². The van der Waals surface area contributed by atoms with Gasteiger partial charge in [0.15, 0.2) is 23.1 Å². The van der Waals surface area contributed by atoms with E-state index in [2.05, 4.69) is 15.6 Å². The summed E-state index contributed by atoms with van der Waals surface area (Å²) in [7, 11) is 1.42. The maximum atomic E-state index is 14.8. The van der Waals surface area contributed by atoms with Gasteiger partial charge >= 0.3 is 0 Å². The molecule has 0 spiro atoms. The Kier molecular flexibility index (Phi) is 5.03. The van der Waals surface area contributed by atoms with Crippen molar-refractivity contribution in [1.29, 1.82) is 0 Å². The number of ether oxygens (including phenoxy) is 2. The lowest BCUT2D eigenvalue weighted by Crippen LogP contribution is -2.40. The van der Waals surface area contributed by atoms with Gasteiger partial charge in [0.05, 0.1) is 12.6 Å². The highest BCUT2D eigenvalue weighted by Gasteiger charge is 2.57. The first-order valence-electron chi connectivity index (χ1n) is 10.7. The van der Waals surface area contributed by atoms with Crippen molar-refractivity contribution in [2.45, 2.75) is 31.7 Å². The van der Waals surface area contributed by atoms with Crippen molar-refractivity contribution >= 4 is 28.4 Å². The van der Waals surface area contributed by atoms with Crippen molar-refractivity contribution in [3.05, 3.63) is 48.4 Å². The van der Waals surface area contributed by atoms with E-state index in [1.807, 2.05) is 0 Å². The molecule has 8 nitrogen and oxygen atoms in total. The van der Waals surface area contributed by atoms with Crippen LogP contribution in [-0.4, -0.2) is 35.1 Å². The summed E-state index contributed by atoms with van der Waals surface area (Å²) in [4.78, 5) is 29.3. The number of methoxy groups -OCH3 is 1. The predicted octanol–water partition coefficient (Wildman–Crippen LogP) is 3.88. The summed E-state index contributed by atoms with van der Waals surface area (Å²) >= 11 is 0. The summed E-state index contributed by atoms with van der Waals surface area (Å²) in [6.07, 6.45) is 4.33. The van der Waals surface area contributed by atoms with E-state index >= 15 is 0 Å². The summed E-state index contributed by atoms with van der Waals surface area (Å²) in [5, 5.41) is 16.0. The summed E-state index contributed by atoms with van der Waals surface area (Å²) in [6.45, 7) is 0. The molecule has 170 valence electrons. The van der Waals surface area contributed by atoms with E-state index in [0.29, 0.717) is 29.5 Å². The maximum absolute atomic E-state index is 14.8. The van der Waals surface area contributed by atoms with Crippen LogP contribution in [0.1, 0.15) is 25.7 Å². The number of amides is 2. The molecule has 0 saturated heterocycles. The summed E-state index contributed by atoms with van der Waals surface area (Å²) < 4.78 is 25.7. The average Bonchev–Trinajstić information content (AvgIpc) is 3.70. The van der Waals surface area contributed by atoms with Gasteiger partial charge in [-0.3, -0.25) is 14.6 Å². The van der Waals surface area contributed by atoms with Crippen LogP contribution in [0.5, 0.6) is 23.0 Å². The fourth-order valence-electron chi connectivity index (χ4n) is 3.65. The first-order chi connectivity index (χ1) is 15.9. The standard InChI is InChI=1S/C24H22FN3O5/c1-32-21-11-15-17(12-18(21)29)26-9-6-19(15)33-20-5-4-14(10-16(20)25)28-23(31)24(7-8-24)22(30)27-13-2-3-13/h4-6,9-13,29H,2-3,7-8H2,1H3,(H,27,30)(H,28,31). The minimum absolute atomic E-state index is 0.0554. The molecule has 2 aromatic carbocycles. The first kappa shape index (κ1) is 21.0. The van der Waals surface area contributed by atoms with Crippen molar-refractivity contribution in [1.82, 2.24) is 10.3 Å². The molecule has 0 radical (unpaired) electrons. The molecule has 0 aliphatic heterocycles. The quantitative estimate of drug-likeness (QED) is 0.471. The third kappa shape index (κ3) is 4.02. The van der Waals surface area contributed by atoms with Crippen molar-refractivity contribution in [2.75, 3.05) is 12.4 Å². The number of carbonyl (C=O) groups is 2. The third-order valence-electron chi connectivity index (χ3n) is 5.94. The van der Waals surface area contributed by atoms with Gasteiger partial charge in [-0.2, -0.15) is 0 Å². The molecular formula is C24H22FN3O5. The Labute approximate surface area is 188 Å². The minimum Gasteiger partial charge on any atom is -0.504 e. The SMILES string of the molecule is COc1cc2c(Oc3ccc(NC(=O)C4(C(=O)NC5CC5)CC4)cc3F)ccnc2cc1O. The molecule has 1 heterocycles. The Morgan fingerprint density at radius 2 is 1.88 bits per heavy atom. The number of nitrogens with zero attached hydrogens (tertiary/aromatic N) is 1. The van der Waals surface area contributed by atoms with Crippen molar-refractivity contribution in [2.24, 2.45) is 5.41 Å². The van der Waals surface area contributed by atoms with Gasteiger partial charge in [-0.25, -0.2) is 4.39 Å². The van der Waals surface area contributed by atoms with Crippen LogP contribution >= 0.6 is 0 Å². The fourth-order valence-corrected chi connectivity index (χ4v) is 3.65. The lowest BCUT2D eigenvalue weighted by atomic mass is 10.0. The number of carbonyl (C=O) groups excluding carboxylic acids is 2. The minimum atomic E-state index is -1.06. The van der Waals surface area contributed by atoms with Crippen molar-refractivity contribution in [3.8, 4) is 23.0 Å². The number of phenols is 1. The van der Waals surface area contributed by atoms with Crippen molar-refractivity contribution < 1.29 is 28.6 Å².